The van der Waals surface area contributed by atoms with Gasteiger partial charge in [-0.15, -0.1) is 0 Å². The number of benzene rings is 1. The summed E-state index contributed by atoms with van der Waals surface area (Å²) >= 11 is 0. The second kappa shape index (κ2) is 5.92. The van der Waals surface area contributed by atoms with E-state index in [9.17, 15) is 4.79 Å². The third-order valence-electron chi connectivity index (χ3n) is 4.33. The number of nitrogens with zero attached hydrogens (tertiary/aromatic N) is 4. The van der Waals surface area contributed by atoms with E-state index in [2.05, 4.69) is 20.4 Å². The van der Waals surface area contributed by atoms with Crippen molar-refractivity contribution in [2.75, 3.05) is 6.54 Å². The number of nitrogens with one attached hydrogen (secondary N) is 1. The van der Waals surface area contributed by atoms with E-state index in [1.54, 1.807) is 6.20 Å². The molecule has 7 nitrogen and oxygen atoms in total. The summed E-state index contributed by atoms with van der Waals surface area (Å²) in [5.74, 6) is 2.00. The van der Waals surface area contributed by atoms with Gasteiger partial charge in [0.1, 0.15) is 5.82 Å². The van der Waals surface area contributed by atoms with E-state index in [4.69, 9.17) is 4.52 Å². The van der Waals surface area contributed by atoms with Crippen LogP contribution in [0.5, 0.6) is 0 Å². The van der Waals surface area contributed by atoms with Crippen LogP contribution in [-0.4, -0.2) is 32.1 Å². The van der Waals surface area contributed by atoms with Crippen LogP contribution in [0.2, 0.25) is 0 Å². The molecule has 2 aromatic heterocycles. The minimum absolute atomic E-state index is 0.0582. The molecule has 0 saturated carbocycles. The average molecular weight is 323 g/mol. The number of aromatic nitrogens is 4. The molecule has 0 radical (unpaired) electrons. The van der Waals surface area contributed by atoms with Crippen LogP contribution in [0.25, 0.3) is 0 Å². The average Bonchev–Trinajstić information content (AvgIpc) is 3.23. The number of aryl methyl sites for hydroxylation is 3. The molecule has 0 spiro atoms. The fourth-order valence-corrected chi connectivity index (χ4v) is 3.00. The molecule has 0 bridgehead atoms. The van der Waals surface area contributed by atoms with Crippen molar-refractivity contribution >= 4 is 5.91 Å². The molecule has 7 heteroatoms. The number of carbonyl (C=O) groups excluding carboxylic acids is 1. The molecule has 3 aromatic rings. The topological polar surface area (TPSA) is 85.8 Å². The van der Waals surface area contributed by atoms with E-state index in [0.717, 1.165) is 17.9 Å². The van der Waals surface area contributed by atoms with Crippen LogP contribution in [0.3, 0.4) is 0 Å². The molecule has 122 valence electrons. The quantitative estimate of drug-likeness (QED) is 0.789. The standard InChI is InChI=1S/C17H17N5O2/c1-11-18-7-9-22(11)8-6-15-20-17(24-21-15)14-10-19-16(23)13-5-3-2-4-12(13)14/h2-5,7,9,14H,6,8,10H2,1H3,(H,19,23). The van der Waals surface area contributed by atoms with E-state index in [1.165, 1.54) is 0 Å². The zero-order chi connectivity index (χ0) is 16.5. The van der Waals surface area contributed by atoms with Gasteiger partial charge in [0.2, 0.25) is 5.89 Å². The van der Waals surface area contributed by atoms with Crippen molar-refractivity contribution in [1.29, 1.82) is 0 Å². The first-order chi connectivity index (χ1) is 11.7. The Labute approximate surface area is 138 Å². The fraction of sp³-hybridized carbons (Fsp3) is 0.294. The molecule has 1 unspecified atom stereocenters. The van der Waals surface area contributed by atoms with Crippen LogP contribution in [0.1, 0.15) is 39.4 Å². The van der Waals surface area contributed by atoms with Gasteiger partial charge < -0.3 is 14.4 Å². The van der Waals surface area contributed by atoms with Crippen molar-refractivity contribution in [2.45, 2.75) is 25.8 Å². The Morgan fingerprint density at radius 2 is 2.25 bits per heavy atom. The highest BCUT2D eigenvalue weighted by atomic mass is 16.5. The molecule has 4 rings (SSSR count). The largest absolute Gasteiger partial charge is 0.351 e. The van der Waals surface area contributed by atoms with Crippen molar-refractivity contribution in [3.05, 3.63) is 65.3 Å². The first-order valence-electron chi connectivity index (χ1n) is 7.89. The third-order valence-corrected chi connectivity index (χ3v) is 4.33. The second-order valence-electron chi connectivity index (χ2n) is 5.82. The van der Waals surface area contributed by atoms with Gasteiger partial charge in [0.05, 0.1) is 5.92 Å². The van der Waals surface area contributed by atoms with Gasteiger partial charge in [-0.05, 0) is 18.6 Å². The maximum absolute atomic E-state index is 11.9. The van der Waals surface area contributed by atoms with E-state index in [0.29, 0.717) is 30.2 Å². The van der Waals surface area contributed by atoms with Gasteiger partial charge in [0, 0.05) is 37.5 Å². The molecular weight excluding hydrogens is 306 g/mol. The van der Waals surface area contributed by atoms with Gasteiger partial charge >= 0.3 is 0 Å². The van der Waals surface area contributed by atoms with E-state index >= 15 is 0 Å². The zero-order valence-corrected chi connectivity index (χ0v) is 13.3. The molecule has 24 heavy (non-hydrogen) atoms. The number of hydrogen-bond donors (Lipinski definition) is 1. The normalized spacial score (nSPS) is 16.7. The predicted octanol–water partition coefficient (Wildman–Crippen LogP) is 1.69. The molecule has 1 atom stereocenters. The minimum atomic E-state index is -0.102. The van der Waals surface area contributed by atoms with Crippen LogP contribution in [-0.2, 0) is 13.0 Å². The molecule has 0 saturated heterocycles. The molecule has 0 fully saturated rings. The van der Waals surface area contributed by atoms with Crippen LogP contribution in [0, 0.1) is 6.92 Å². The molecule has 1 N–H and O–H groups in total. The van der Waals surface area contributed by atoms with Crippen LogP contribution in [0.4, 0.5) is 0 Å². The van der Waals surface area contributed by atoms with Gasteiger partial charge in [0.15, 0.2) is 5.82 Å². The number of rotatable bonds is 4. The Morgan fingerprint density at radius 1 is 1.38 bits per heavy atom. The van der Waals surface area contributed by atoms with Gasteiger partial charge in [-0.3, -0.25) is 4.79 Å². The number of carbonyl (C=O) groups is 1. The fourth-order valence-electron chi connectivity index (χ4n) is 3.00. The number of fused-ring (bicyclic) bond motifs is 1. The smallest absolute Gasteiger partial charge is 0.251 e. The Hall–Kier alpha value is -2.96. The predicted molar refractivity (Wildman–Crippen MR) is 85.6 cm³/mol. The molecule has 3 heterocycles. The summed E-state index contributed by atoms with van der Waals surface area (Å²) in [5, 5.41) is 6.96. The van der Waals surface area contributed by atoms with Crippen LogP contribution < -0.4 is 5.32 Å². The third kappa shape index (κ3) is 2.58. The summed E-state index contributed by atoms with van der Waals surface area (Å²) in [7, 11) is 0. The van der Waals surface area contributed by atoms with Gasteiger partial charge in [0.25, 0.3) is 5.91 Å². The van der Waals surface area contributed by atoms with Gasteiger partial charge in [-0.1, -0.05) is 23.4 Å². The lowest BCUT2D eigenvalue weighted by Crippen LogP contribution is -2.35. The minimum Gasteiger partial charge on any atom is -0.351 e. The molecule has 0 aliphatic carbocycles. The lowest BCUT2D eigenvalue weighted by atomic mass is 9.90. The highest BCUT2D eigenvalue weighted by molar-refractivity contribution is 5.97. The highest BCUT2D eigenvalue weighted by Crippen LogP contribution is 2.28. The van der Waals surface area contributed by atoms with Crippen molar-refractivity contribution < 1.29 is 9.32 Å². The lowest BCUT2D eigenvalue weighted by Gasteiger charge is -2.22. The van der Waals surface area contributed by atoms with Crippen molar-refractivity contribution in [2.24, 2.45) is 0 Å². The summed E-state index contributed by atoms with van der Waals surface area (Å²) in [6.07, 6.45) is 4.38. The summed E-state index contributed by atoms with van der Waals surface area (Å²) in [5.41, 5.74) is 1.60. The highest BCUT2D eigenvalue weighted by Gasteiger charge is 2.30. The molecule has 1 amide bonds. The van der Waals surface area contributed by atoms with Crippen molar-refractivity contribution in [3.63, 3.8) is 0 Å². The summed E-state index contributed by atoms with van der Waals surface area (Å²) in [6, 6.07) is 7.53. The van der Waals surface area contributed by atoms with Gasteiger partial charge in [-0.25, -0.2) is 4.98 Å². The first-order valence-corrected chi connectivity index (χ1v) is 7.89. The lowest BCUT2D eigenvalue weighted by molar-refractivity contribution is 0.0940. The Bertz CT molecular complexity index is 883. The van der Waals surface area contributed by atoms with Crippen molar-refractivity contribution in [3.8, 4) is 0 Å². The summed E-state index contributed by atoms with van der Waals surface area (Å²) in [4.78, 5) is 20.7. The van der Waals surface area contributed by atoms with E-state index in [1.807, 2.05) is 42.0 Å². The number of imidazole rings is 1. The Morgan fingerprint density at radius 3 is 3.08 bits per heavy atom. The Balaban J connectivity index is 1.54. The monoisotopic (exact) mass is 323 g/mol. The number of amides is 1. The summed E-state index contributed by atoms with van der Waals surface area (Å²) < 4.78 is 7.51. The molecular formula is C17H17N5O2. The maximum Gasteiger partial charge on any atom is 0.251 e. The second-order valence-corrected chi connectivity index (χ2v) is 5.82. The molecule has 1 aliphatic heterocycles. The molecule has 1 aromatic carbocycles. The maximum atomic E-state index is 11.9. The molecule has 1 aliphatic rings. The first kappa shape index (κ1) is 14.6. The SMILES string of the molecule is Cc1nccn1CCc1noc(C2CNC(=O)c3ccccc32)n1. The van der Waals surface area contributed by atoms with E-state index < -0.39 is 0 Å². The summed E-state index contributed by atoms with van der Waals surface area (Å²) in [6.45, 7) is 3.18. The van der Waals surface area contributed by atoms with E-state index in [-0.39, 0.29) is 11.8 Å². The van der Waals surface area contributed by atoms with Crippen molar-refractivity contribution in [1.82, 2.24) is 25.0 Å². The zero-order valence-electron chi connectivity index (χ0n) is 13.3. The van der Waals surface area contributed by atoms with Crippen LogP contribution in [0.15, 0.2) is 41.2 Å². The van der Waals surface area contributed by atoms with Crippen LogP contribution >= 0.6 is 0 Å². The Kier molecular flexibility index (Phi) is 3.60. The van der Waals surface area contributed by atoms with Gasteiger partial charge in [-0.2, -0.15) is 4.98 Å². The number of hydrogen-bond acceptors (Lipinski definition) is 5.